The van der Waals surface area contributed by atoms with Gasteiger partial charge in [0.2, 0.25) is 15.9 Å². The maximum atomic E-state index is 13.8. The molecule has 0 aromatic heterocycles. The molecule has 3 rings (SSSR count). The molecule has 1 aromatic carbocycles. The molecule has 1 aromatic rings. The molecule has 2 aliphatic rings. The second-order valence-corrected chi connectivity index (χ2v) is 14.9. The Labute approximate surface area is 207 Å². The smallest absolute Gasteiger partial charge is 0.342 e. The van der Waals surface area contributed by atoms with Crippen LogP contribution in [0, 0.1) is 16.7 Å². The van der Waals surface area contributed by atoms with Crippen molar-refractivity contribution in [2.24, 2.45) is 21.5 Å². The van der Waals surface area contributed by atoms with Crippen molar-refractivity contribution in [3.63, 3.8) is 0 Å². The van der Waals surface area contributed by atoms with Crippen LogP contribution >= 0.6 is 7.52 Å². The zero-order chi connectivity index (χ0) is 26.4. The number of anilines is 2. The largest absolute Gasteiger partial charge is 0.348 e. The van der Waals surface area contributed by atoms with E-state index in [-0.39, 0.29) is 52.5 Å². The Kier molecular flexibility index (Phi) is 7.30. The monoisotopic (exact) mass is 526 g/mol. The lowest BCUT2D eigenvalue weighted by Crippen LogP contribution is -2.41. The zero-order valence-corrected chi connectivity index (χ0v) is 23.0. The molecule has 0 saturated carbocycles. The van der Waals surface area contributed by atoms with E-state index in [0.29, 0.717) is 12.2 Å². The van der Waals surface area contributed by atoms with Crippen molar-refractivity contribution < 1.29 is 27.1 Å². The van der Waals surface area contributed by atoms with Crippen molar-refractivity contribution in [1.82, 2.24) is 4.90 Å². The van der Waals surface area contributed by atoms with Gasteiger partial charge in [0.1, 0.15) is 5.84 Å². The summed E-state index contributed by atoms with van der Waals surface area (Å²) in [7, 11) is -7.43. The predicted molar refractivity (Wildman–Crippen MR) is 138 cm³/mol. The van der Waals surface area contributed by atoms with Crippen LogP contribution in [0.2, 0.25) is 0 Å². The number of hydrogen-bond donors (Lipinski definition) is 2. The lowest BCUT2D eigenvalue weighted by atomic mass is 9.76. The number of benzene rings is 1. The average Bonchev–Trinajstić information content (AvgIpc) is 2.91. The maximum absolute atomic E-state index is 13.8. The van der Waals surface area contributed by atoms with E-state index in [4.69, 9.17) is 4.52 Å². The molecule has 35 heavy (non-hydrogen) atoms. The molecule has 10 nitrogen and oxygen atoms in total. The van der Waals surface area contributed by atoms with Crippen LogP contribution in [0.15, 0.2) is 23.0 Å². The van der Waals surface area contributed by atoms with Crippen molar-refractivity contribution in [3.8, 4) is 0 Å². The van der Waals surface area contributed by atoms with Gasteiger partial charge in [-0.05, 0) is 42.4 Å². The molecule has 0 radical (unpaired) electrons. The van der Waals surface area contributed by atoms with Crippen LogP contribution in [-0.4, -0.2) is 56.8 Å². The summed E-state index contributed by atoms with van der Waals surface area (Å²) in [4.78, 5) is 27.8. The third kappa shape index (κ3) is 6.51. The van der Waals surface area contributed by atoms with E-state index in [0.717, 1.165) is 12.7 Å². The number of carbonyl (C=O) groups is 2. The number of nitrogens with one attached hydrogen (secondary N) is 2. The minimum absolute atomic E-state index is 0.00997. The number of Topliss-reactive ketones (excluding diaryl/α,β-unsaturated/α-hetero) is 1. The number of sulfonamides is 1. The Hall–Kier alpha value is -2.23. The number of carbonyl (C=O) groups excluding carboxylic acids is 2. The van der Waals surface area contributed by atoms with Gasteiger partial charge in [0.25, 0.3) is 0 Å². The van der Waals surface area contributed by atoms with Gasteiger partial charge < -0.3 is 14.7 Å². The minimum Gasteiger partial charge on any atom is -0.342 e. The molecule has 12 heteroatoms. The van der Waals surface area contributed by atoms with Gasteiger partial charge in [0.05, 0.1) is 30.4 Å². The molecule has 0 aliphatic carbocycles. The van der Waals surface area contributed by atoms with Crippen LogP contribution in [0.25, 0.3) is 0 Å². The molecular weight excluding hydrogens is 491 g/mol. The Morgan fingerprint density at radius 3 is 2.46 bits per heavy atom. The standard InChI is InChI=1S/C23H35N4O6PS/c1-8-33-34(30)18-11-15(26-35(7,31)32)9-10-16(18)24-20(25-34)19-17(28)12-27(21(19)29)14-23(5,6)13-22(2,3)4/h9-11,19,26H,8,12-14H2,1-7H3,(H,24,25,30). The second-order valence-electron chi connectivity index (χ2n) is 11.1. The summed E-state index contributed by atoms with van der Waals surface area (Å²) in [6.07, 6.45) is 1.87. The number of amidine groups is 1. The lowest BCUT2D eigenvalue weighted by molar-refractivity contribution is -0.131. The van der Waals surface area contributed by atoms with Gasteiger partial charge in [-0.15, -0.1) is 0 Å². The highest BCUT2D eigenvalue weighted by atomic mass is 32.2. The summed E-state index contributed by atoms with van der Waals surface area (Å²) in [6, 6.07) is 4.41. The van der Waals surface area contributed by atoms with E-state index in [1.807, 2.05) is 0 Å². The SMILES string of the molecule is CCOP1(=O)N=C(C2C(=O)CN(CC(C)(C)CC(C)(C)C)C2=O)Nc2ccc(NS(C)(=O)=O)cc21. The highest BCUT2D eigenvalue weighted by Gasteiger charge is 2.47. The number of rotatable bonds is 8. The fourth-order valence-corrected chi connectivity index (χ4v) is 7.40. The fraction of sp³-hybridized carbons (Fsp3) is 0.609. The van der Waals surface area contributed by atoms with E-state index in [1.165, 1.54) is 18.2 Å². The Bertz CT molecular complexity index is 1220. The van der Waals surface area contributed by atoms with E-state index in [2.05, 4.69) is 49.4 Å². The van der Waals surface area contributed by atoms with Crippen LogP contribution in [0.1, 0.15) is 48.0 Å². The highest BCUT2D eigenvalue weighted by Crippen LogP contribution is 2.52. The fourth-order valence-electron chi connectivity index (χ4n) is 5.00. The molecular formula is C23H35N4O6PS. The predicted octanol–water partition coefficient (Wildman–Crippen LogP) is 3.23. The van der Waals surface area contributed by atoms with Gasteiger partial charge in [0.15, 0.2) is 11.7 Å². The first-order valence-corrected chi connectivity index (χ1v) is 15.0. The van der Waals surface area contributed by atoms with Crippen LogP contribution in [-0.2, 0) is 28.7 Å². The van der Waals surface area contributed by atoms with Gasteiger partial charge in [-0.2, -0.15) is 4.76 Å². The van der Waals surface area contributed by atoms with Gasteiger partial charge in [-0.25, -0.2) is 8.42 Å². The molecule has 0 bridgehead atoms. The lowest BCUT2D eigenvalue weighted by Gasteiger charge is -2.35. The summed E-state index contributed by atoms with van der Waals surface area (Å²) >= 11 is 0. The second kappa shape index (κ2) is 9.33. The first kappa shape index (κ1) is 27.4. The maximum Gasteiger partial charge on any atom is 0.348 e. The van der Waals surface area contributed by atoms with E-state index >= 15 is 0 Å². The normalized spacial score (nSPS) is 23.1. The molecule has 1 amide bonds. The van der Waals surface area contributed by atoms with Crippen LogP contribution in [0.3, 0.4) is 0 Å². The van der Waals surface area contributed by atoms with Gasteiger partial charge in [-0.1, -0.05) is 34.6 Å². The minimum atomic E-state index is -3.88. The Morgan fingerprint density at radius 2 is 1.89 bits per heavy atom. The third-order valence-corrected chi connectivity index (χ3v) is 8.21. The number of amides is 1. The molecule has 2 atom stereocenters. The summed E-state index contributed by atoms with van der Waals surface area (Å²) in [5, 5.41) is 3.14. The van der Waals surface area contributed by atoms with Gasteiger partial charge in [0, 0.05) is 12.2 Å². The van der Waals surface area contributed by atoms with E-state index in [9.17, 15) is 22.6 Å². The van der Waals surface area contributed by atoms with Crippen molar-refractivity contribution >= 4 is 51.7 Å². The van der Waals surface area contributed by atoms with Crippen molar-refractivity contribution in [2.45, 2.75) is 48.0 Å². The summed E-state index contributed by atoms with van der Waals surface area (Å²) < 4.78 is 49.1. The molecule has 2 N–H and O–H groups in total. The number of nitrogens with zero attached hydrogens (tertiary/aromatic N) is 2. The molecule has 0 spiro atoms. The summed E-state index contributed by atoms with van der Waals surface area (Å²) in [6.45, 7) is 12.6. The molecule has 194 valence electrons. The summed E-state index contributed by atoms with van der Waals surface area (Å²) in [5.74, 6) is -1.92. The molecule has 2 heterocycles. The summed E-state index contributed by atoms with van der Waals surface area (Å²) in [5.41, 5.74) is 0.398. The molecule has 2 aliphatic heterocycles. The van der Waals surface area contributed by atoms with Crippen LogP contribution in [0.4, 0.5) is 11.4 Å². The van der Waals surface area contributed by atoms with Crippen molar-refractivity contribution in [3.05, 3.63) is 18.2 Å². The number of fused-ring (bicyclic) bond motifs is 1. The van der Waals surface area contributed by atoms with E-state index in [1.54, 1.807) is 11.8 Å². The average molecular weight is 527 g/mol. The molecule has 2 unspecified atom stereocenters. The van der Waals surface area contributed by atoms with E-state index < -0.39 is 23.5 Å². The number of hydrogen-bond acceptors (Lipinski definition) is 7. The number of ketones is 1. The number of likely N-dealkylation sites (tertiary alicyclic amines) is 1. The van der Waals surface area contributed by atoms with Gasteiger partial charge in [-0.3, -0.25) is 18.9 Å². The Morgan fingerprint density at radius 1 is 1.23 bits per heavy atom. The third-order valence-electron chi connectivity index (χ3n) is 5.54. The van der Waals surface area contributed by atoms with Crippen molar-refractivity contribution in [1.29, 1.82) is 0 Å². The first-order valence-electron chi connectivity index (χ1n) is 11.5. The van der Waals surface area contributed by atoms with Crippen LogP contribution in [0.5, 0.6) is 0 Å². The Balaban J connectivity index is 1.92. The van der Waals surface area contributed by atoms with Crippen LogP contribution < -0.4 is 15.3 Å². The highest BCUT2D eigenvalue weighted by molar-refractivity contribution is 7.92. The topological polar surface area (TPSA) is 134 Å². The quantitative estimate of drug-likeness (QED) is 0.392. The van der Waals surface area contributed by atoms with Gasteiger partial charge >= 0.3 is 7.52 Å². The molecule has 1 fully saturated rings. The van der Waals surface area contributed by atoms with Crippen molar-refractivity contribution in [2.75, 3.05) is 36.0 Å². The molecule has 1 saturated heterocycles. The first-order chi connectivity index (χ1) is 15.9. The zero-order valence-electron chi connectivity index (χ0n) is 21.3.